The molecule has 1 rings (SSSR count). The van der Waals surface area contributed by atoms with E-state index in [0.29, 0.717) is 5.02 Å². The number of hydrogen-bond acceptors (Lipinski definition) is 2. The molecule has 3 N–H and O–H groups in total. The second-order valence-electron chi connectivity index (χ2n) is 2.45. The van der Waals surface area contributed by atoms with E-state index in [1.807, 2.05) is 0 Å². The molecule has 1 aromatic carbocycles. The first-order valence-corrected chi connectivity index (χ1v) is 4.64. The summed E-state index contributed by atoms with van der Waals surface area (Å²) in [6.07, 6.45) is -0.639. The Morgan fingerprint density at radius 2 is 2.17 bits per heavy atom. The van der Waals surface area contributed by atoms with E-state index >= 15 is 0 Å². The molecule has 0 spiro atoms. The summed E-state index contributed by atoms with van der Waals surface area (Å²) in [6.45, 7) is 0.201. The molecule has 0 bridgehead atoms. The van der Waals surface area contributed by atoms with Crippen molar-refractivity contribution in [1.29, 1.82) is 0 Å². The van der Waals surface area contributed by atoms with Gasteiger partial charge >= 0.3 is 0 Å². The van der Waals surface area contributed by atoms with Crippen LogP contribution in [0, 0.1) is 0 Å². The summed E-state index contributed by atoms with van der Waals surface area (Å²) in [5.41, 5.74) is 6.03. The zero-order chi connectivity index (χ0) is 9.14. The molecule has 0 heterocycles. The molecule has 1 atom stereocenters. The fourth-order valence-corrected chi connectivity index (χ4v) is 1.79. The van der Waals surface area contributed by atoms with Crippen LogP contribution in [0.5, 0.6) is 0 Å². The standard InChI is InChI=1S/C8H9BrClNO/c9-6-1-5(8(12)4-11)2-7(10)3-6/h1-3,8,12H,4,11H2/t8-/m1/s1. The predicted octanol–water partition coefficient (Wildman–Crippen LogP) is 2.09. The lowest BCUT2D eigenvalue weighted by Gasteiger charge is -2.08. The Balaban J connectivity index is 3.00. The molecule has 0 aliphatic carbocycles. The monoisotopic (exact) mass is 249 g/mol. The first-order valence-electron chi connectivity index (χ1n) is 3.47. The molecule has 0 aliphatic heterocycles. The van der Waals surface area contributed by atoms with Crippen LogP contribution in [0.2, 0.25) is 5.02 Å². The lowest BCUT2D eigenvalue weighted by atomic mass is 10.1. The van der Waals surface area contributed by atoms with Crippen molar-refractivity contribution in [3.8, 4) is 0 Å². The third kappa shape index (κ3) is 2.45. The second-order valence-corrected chi connectivity index (χ2v) is 3.81. The van der Waals surface area contributed by atoms with Gasteiger partial charge in [-0.25, -0.2) is 0 Å². The molecule has 66 valence electrons. The second kappa shape index (κ2) is 4.23. The molecule has 4 heteroatoms. The van der Waals surface area contributed by atoms with Crippen molar-refractivity contribution < 1.29 is 5.11 Å². The number of rotatable bonds is 2. The van der Waals surface area contributed by atoms with Crippen molar-refractivity contribution in [3.63, 3.8) is 0 Å². The molecule has 0 aliphatic rings. The molecule has 1 aromatic rings. The van der Waals surface area contributed by atoms with Crippen molar-refractivity contribution in [1.82, 2.24) is 0 Å². The van der Waals surface area contributed by atoms with Gasteiger partial charge in [0, 0.05) is 16.0 Å². The van der Waals surface area contributed by atoms with E-state index in [1.54, 1.807) is 18.2 Å². The predicted molar refractivity (Wildman–Crippen MR) is 53.2 cm³/mol. The fraction of sp³-hybridized carbons (Fsp3) is 0.250. The molecular formula is C8H9BrClNO. The minimum Gasteiger partial charge on any atom is -0.387 e. The molecule has 0 unspecified atom stereocenters. The van der Waals surface area contributed by atoms with E-state index in [2.05, 4.69) is 15.9 Å². The van der Waals surface area contributed by atoms with Crippen molar-refractivity contribution in [3.05, 3.63) is 33.3 Å². The number of nitrogens with two attached hydrogens (primary N) is 1. The van der Waals surface area contributed by atoms with Crippen molar-refractivity contribution in [2.75, 3.05) is 6.54 Å². The van der Waals surface area contributed by atoms with Crippen LogP contribution in [-0.2, 0) is 0 Å². The van der Waals surface area contributed by atoms with Crippen LogP contribution in [0.25, 0.3) is 0 Å². The lowest BCUT2D eigenvalue weighted by molar-refractivity contribution is 0.186. The summed E-state index contributed by atoms with van der Waals surface area (Å²) in [7, 11) is 0. The van der Waals surface area contributed by atoms with Gasteiger partial charge in [0.1, 0.15) is 0 Å². The Labute approximate surface area is 84.5 Å². The van der Waals surface area contributed by atoms with Crippen LogP contribution in [0.3, 0.4) is 0 Å². The average molecular weight is 251 g/mol. The van der Waals surface area contributed by atoms with E-state index in [0.717, 1.165) is 10.0 Å². The third-order valence-corrected chi connectivity index (χ3v) is 2.17. The Morgan fingerprint density at radius 1 is 1.50 bits per heavy atom. The molecule has 0 radical (unpaired) electrons. The minimum absolute atomic E-state index is 0.201. The fourth-order valence-electron chi connectivity index (χ4n) is 0.904. The number of benzene rings is 1. The van der Waals surface area contributed by atoms with Crippen molar-refractivity contribution in [2.24, 2.45) is 5.73 Å². The van der Waals surface area contributed by atoms with Gasteiger partial charge in [-0.1, -0.05) is 27.5 Å². The molecule has 0 aromatic heterocycles. The zero-order valence-electron chi connectivity index (χ0n) is 6.30. The van der Waals surface area contributed by atoms with Crippen LogP contribution in [0.4, 0.5) is 0 Å². The summed E-state index contributed by atoms with van der Waals surface area (Å²) < 4.78 is 0.845. The SMILES string of the molecule is NC[C@@H](O)c1cc(Cl)cc(Br)c1. The maximum absolute atomic E-state index is 9.37. The van der Waals surface area contributed by atoms with Crippen LogP contribution >= 0.6 is 27.5 Å². The summed E-state index contributed by atoms with van der Waals surface area (Å²) in [6, 6.07) is 5.25. The topological polar surface area (TPSA) is 46.2 Å². The minimum atomic E-state index is -0.639. The van der Waals surface area contributed by atoms with Crippen molar-refractivity contribution in [2.45, 2.75) is 6.10 Å². The number of aliphatic hydroxyl groups is 1. The maximum Gasteiger partial charge on any atom is 0.0913 e. The van der Waals surface area contributed by atoms with Crippen LogP contribution < -0.4 is 5.73 Å². The molecular weight excluding hydrogens is 241 g/mol. The molecule has 0 saturated heterocycles. The van der Waals surface area contributed by atoms with Gasteiger partial charge in [0.05, 0.1) is 6.10 Å². The average Bonchev–Trinajstić information content (AvgIpc) is 2.01. The molecule has 12 heavy (non-hydrogen) atoms. The molecule has 0 amide bonds. The molecule has 0 fully saturated rings. The molecule has 0 saturated carbocycles. The Morgan fingerprint density at radius 3 is 2.67 bits per heavy atom. The Hall–Kier alpha value is -0.0900. The Kier molecular flexibility index (Phi) is 3.53. The zero-order valence-corrected chi connectivity index (χ0v) is 8.64. The summed E-state index contributed by atoms with van der Waals surface area (Å²) in [4.78, 5) is 0. The highest BCUT2D eigenvalue weighted by Crippen LogP contribution is 2.23. The highest BCUT2D eigenvalue weighted by atomic mass is 79.9. The van der Waals surface area contributed by atoms with E-state index in [4.69, 9.17) is 17.3 Å². The van der Waals surface area contributed by atoms with E-state index < -0.39 is 6.10 Å². The van der Waals surface area contributed by atoms with Crippen LogP contribution in [0.1, 0.15) is 11.7 Å². The van der Waals surface area contributed by atoms with Gasteiger partial charge < -0.3 is 10.8 Å². The van der Waals surface area contributed by atoms with Gasteiger partial charge in [-0.2, -0.15) is 0 Å². The lowest BCUT2D eigenvalue weighted by Crippen LogP contribution is -2.11. The number of halogens is 2. The van der Waals surface area contributed by atoms with Gasteiger partial charge in [-0.3, -0.25) is 0 Å². The van der Waals surface area contributed by atoms with Gasteiger partial charge in [0.15, 0.2) is 0 Å². The smallest absolute Gasteiger partial charge is 0.0913 e. The number of aliphatic hydroxyl groups excluding tert-OH is 1. The first-order chi connectivity index (χ1) is 5.63. The number of hydrogen-bond donors (Lipinski definition) is 2. The highest BCUT2D eigenvalue weighted by molar-refractivity contribution is 9.10. The molecule has 2 nitrogen and oxygen atoms in total. The normalized spacial score (nSPS) is 13.0. The largest absolute Gasteiger partial charge is 0.387 e. The summed E-state index contributed by atoms with van der Waals surface area (Å²) in [5, 5.41) is 9.96. The first kappa shape index (κ1) is 9.99. The Bertz CT molecular complexity index is 260. The van der Waals surface area contributed by atoms with Crippen LogP contribution in [-0.4, -0.2) is 11.7 Å². The summed E-state index contributed by atoms with van der Waals surface area (Å²) in [5.74, 6) is 0. The summed E-state index contributed by atoms with van der Waals surface area (Å²) >= 11 is 9.04. The quantitative estimate of drug-likeness (QED) is 0.844. The third-order valence-electron chi connectivity index (χ3n) is 1.49. The highest BCUT2D eigenvalue weighted by Gasteiger charge is 2.06. The maximum atomic E-state index is 9.37. The van der Waals surface area contributed by atoms with Gasteiger partial charge in [0.2, 0.25) is 0 Å². The van der Waals surface area contributed by atoms with E-state index in [-0.39, 0.29) is 6.54 Å². The van der Waals surface area contributed by atoms with E-state index in [9.17, 15) is 5.11 Å². The van der Waals surface area contributed by atoms with Crippen LogP contribution in [0.15, 0.2) is 22.7 Å². The van der Waals surface area contributed by atoms with Gasteiger partial charge in [0.25, 0.3) is 0 Å². The van der Waals surface area contributed by atoms with Gasteiger partial charge in [-0.15, -0.1) is 0 Å². The van der Waals surface area contributed by atoms with Gasteiger partial charge in [-0.05, 0) is 23.8 Å². The van der Waals surface area contributed by atoms with E-state index in [1.165, 1.54) is 0 Å². The van der Waals surface area contributed by atoms with Crippen molar-refractivity contribution >= 4 is 27.5 Å².